The lowest BCUT2D eigenvalue weighted by molar-refractivity contribution is -0.384. The molecular formula is C14H20N2O5. The number of non-ortho nitro benzene ring substituents is 1. The number of anilines is 1. The van der Waals surface area contributed by atoms with Gasteiger partial charge < -0.3 is 15.2 Å². The highest BCUT2D eigenvalue weighted by molar-refractivity contribution is 5.69. The fraction of sp³-hybridized carbons (Fsp3) is 0.500. The van der Waals surface area contributed by atoms with Gasteiger partial charge in [0.15, 0.2) is 0 Å². The Morgan fingerprint density at radius 3 is 2.48 bits per heavy atom. The van der Waals surface area contributed by atoms with Crippen LogP contribution in [0, 0.1) is 15.5 Å². The zero-order valence-corrected chi connectivity index (χ0v) is 12.5. The van der Waals surface area contributed by atoms with Crippen molar-refractivity contribution in [2.75, 3.05) is 12.4 Å². The second kappa shape index (κ2) is 6.43. The maximum Gasteiger partial charge on any atom is 0.305 e. The summed E-state index contributed by atoms with van der Waals surface area (Å²) >= 11 is 0. The molecule has 7 heteroatoms. The van der Waals surface area contributed by atoms with Crippen molar-refractivity contribution in [1.82, 2.24) is 0 Å². The lowest BCUT2D eigenvalue weighted by atomic mass is 9.84. The molecule has 7 nitrogen and oxygen atoms in total. The molecule has 0 saturated heterocycles. The maximum absolute atomic E-state index is 11.0. The number of carboxylic acid groups (broad SMARTS) is 1. The third-order valence-corrected chi connectivity index (χ3v) is 3.10. The Bertz CT molecular complexity index is 537. The van der Waals surface area contributed by atoms with Crippen LogP contribution in [0.4, 0.5) is 11.4 Å². The van der Waals surface area contributed by atoms with E-state index in [4.69, 9.17) is 9.84 Å². The summed E-state index contributed by atoms with van der Waals surface area (Å²) in [6.45, 7) is 5.71. The van der Waals surface area contributed by atoms with Gasteiger partial charge in [0.2, 0.25) is 0 Å². The molecule has 1 aromatic rings. The van der Waals surface area contributed by atoms with Crippen molar-refractivity contribution in [3.05, 3.63) is 28.3 Å². The summed E-state index contributed by atoms with van der Waals surface area (Å²) in [5, 5.41) is 23.0. The van der Waals surface area contributed by atoms with Gasteiger partial charge in [-0.2, -0.15) is 0 Å². The fourth-order valence-electron chi connectivity index (χ4n) is 1.84. The number of hydrogen-bond donors (Lipinski definition) is 2. The monoisotopic (exact) mass is 296 g/mol. The van der Waals surface area contributed by atoms with Crippen molar-refractivity contribution in [3.8, 4) is 5.75 Å². The SMILES string of the molecule is COc1cc(NC(CC(=O)O)C(C)(C)C)cc([N+](=O)[O-])c1. The third-order valence-electron chi connectivity index (χ3n) is 3.10. The van der Waals surface area contributed by atoms with E-state index in [1.807, 2.05) is 20.8 Å². The Kier molecular flexibility index (Phi) is 5.12. The van der Waals surface area contributed by atoms with Crippen molar-refractivity contribution in [1.29, 1.82) is 0 Å². The summed E-state index contributed by atoms with van der Waals surface area (Å²) in [6, 6.07) is 3.91. The van der Waals surface area contributed by atoms with Crippen LogP contribution in [-0.4, -0.2) is 29.2 Å². The molecule has 0 radical (unpaired) electrons. The first-order chi connectivity index (χ1) is 9.63. The number of rotatable bonds is 6. The number of aliphatic carboxylic acids is 1. The van der Waals surface area contributed by atoms with E-state index in [1.165, 1.54) is 19.2 Å². The zero-order valence-electron chi connectivity index (χ0n) is 12.5. The molecule has 1 atom stereocenters. The average Bonchev–Trinajstić information content (AvgIpc) is 2.35. The number of methoxy groups -OCH3 is 1. The molecule has 0 aliphatic carbocycles. The highest BCUT2D eigenvalue weighted by Gasteiger charge is 2.27. The van der Waals surface area contributed by atoms with Gasteiger partial charge in [-0.25, -0.2) is 0 Å². The van der Waals surface area contributed by atoms with Gasteiger partial charge in [0.05, 0.1) is 24.5 Å². The molecule has 1 rings (SSSR count). The normalized spacial score (nSPS) is 12.6. The van der Waals surface area contributed by atoms with Crippen LogP contribution < -0.4 is 10.1 Å². The zero-order chi connectivity index (χ0) is 16.2. The first-order valence-corrected chi connectivity index (χ1v) is 6.45. The first-order valence-electron chi connectivity index (χ1n) is 6.45. The van der Waals surface area contributed by atoms with E-state index in [0.29, 0.717) is 11.4 Å². The number of nitro benzene ring substituents is 1. The van der Waals surface area contributed by atoms with Crippen LogP contribution in [0.25, 0.3) is 0 Å². The van der Waals surface area contributed by atoms with Crippen LogP contribution in [-0.2, 0) is 4.79 Å². The van der Waals surface area contributed by atoms with E-state index in [2.05, 4.69) is 5.32 Å². The molecule has 0 saturated carbocycles. The number of hydrogen-bond acceptors (Lipinski definition) is 5. The fourth-order valence-corrected chi connectivity index (χ4v) is 1.84. The number of nitrogens with one attached hydrogen (secondary N) is 1. The lowest BCUT2D eigenvalue weighted by Crippen LogP contribution is -2.36. The van der Waals surface area contributed by atoms with Gasteiger partial charge in [-0.15, -0.1) is 0 Å². The van der Waals surface area contributed by atoms with Crippen LogP contribution in [0.3, 0.4) is 0 Å². The minimum atomic E-state index is -0.931. The van der Waals surface area contributed by atoms with E-state index >= 15 is 0 Å². The van der Waals surface area contributed by atoms with E-state index in [-0.39, 0.29) is 23.6 Å². The van der Waals surface area contributed by atoms with Gasteiger partial charge in [0.1, 0.15) is 5.75 Å². The summed E-state index contributed by atoms with van der Waals surface area (Å²) < 4.78 is 5.03. The number of benzene rings is 1. The summed E-state index contributed by atoms with van der Waals surface area (Å²) in [5.41, 5.74) is 0.0260. The molecule has 1 unspecified atom stereocenters. The van der Waals surface area contributed by atoms with Crippen LogP contribution in [0.5, 0.6) is 5.75 Å². The van der Waals surface area contributed by atoms with E-state index < -0.39 is 10.9 Å². The van der Waals surface area contributed by atoms with E-state index in [0.717, 1.165) is 0 Å². The molecule has 0 heterocycles. The second-order valence-corrected chi connectivity index (χ2v) is 5.84. The number of ether oxygens (including phenoxy) is 1. The molecule has 0 bridgehead atoms. The topological polar surface area (TPSA) is 102 Å². The number of carbonyl (C=O) groups is 1. The summed E-state index contributed by atoms with van der Waals surface area (Å²) in [4.78, 5) is 21.4. The van der Waals surface area contributed by atoms with Crippen molar-refractivity contribution >= 4 is 17.3 Å². The lowest BCUT2D eigenvalue weighted by Gasteiger charge is -2.31. The Balaban J connectivity index is 3.10. The molecule has 1 aromatic carbocycles. The van der Waals surface area contributed by atoms with Crippen molar-refractivity contribution in [2.24, 2.45) is 5.41 Å². The molecular weight excluding hydrogens is 276 g/mol. The van der Waals surface area contributed by atoms with Gasteiger partial charge in [-0.1, -0.05) is 20.8 Å². The van der Waals surface area contributed by atoms with Gasteiger partial charge in [0.25, 0.3) is 5.69 Å². The molecule has 0 aliphatic heterocycles. The Morgan fingerprint density at radius 2 is 2.05 bits per heavy atom. The molecule has 0 aliphatic rings. The molecule has 0 amide bonds. The smallest absolute Gasteiger partial charge is 0.305 e. The largest absolute Gasteiger partial charge is 0.496 e. The Hall–Kier alpha value is -2.31. The third kappa shape index (κ3) is 4.94. The summed E-state index contributed by atoms with van der Waals surface area (Å²) in [6.07, 6.45) is -0.0888. The molecule has 0 fully saturated rings. The first kappa shape index (κ1) is 16.7. The van der Waals surface area contributed by atoms with Gasteiger partial charge in [-0.3, -0.25) is 14.9 Å². The van der Waals surface area contributed by atoms with Gasteiger partial charge in [-0.05, 0) is 5.41 Å². The number of carboxylic acids is 1. The van der Waals surface area contributed by atoms with Crippen LogP contribution >= 0.6 is 0 Å². The Labute approximate surface area is 123 Å². The van der Waals surface area contributed by atoms with E-state index in [1.54, 1.807) is 6.07 Å². The molecule has 21 heavy (non-hydrogen) atoms. The minimum absolute atomic E-state index is 0.0888. The van der Waals surface area contributed by atoms with E-state index in [9.17, 15) is 14.9 Å². The van der Waals surface area contributed by atoms with Crippen molar-refractivity contribution in [3.63, 3.8) is 0 Å². The van der Waals surface area contributed by atoms with Gasteiger partial charge >= 0.3 is 5.97 Å². The molecule has 0 spiro atoms. The predicted molar refractivity (Wildman–Crippen MR) is 78.8 cm³/mol. The number of nitrogens with zero attached hydrogens (tertiary/aromatic N) is 1. The summed E-state index contributed by atoms with van der Waals surface area (Å²) in [5.74, 6) is -0.588. The standard InChI is InChI=1S/C14H20N2O5/c1-14(2,3)12(8-13(17)18)15-9-5-10(16(19)20)7-11(6-9)21-4/h5-7,12,15H,8H2,1-4H3,(H,17,18). The van der Waals surface area contributed by atoms with Gasteiger partial charge in [0, 0.05) is 23.9 Å². The molecule has 0 aromatic heterocycles. The van der Waals surface area contributed by atoms with Crippen LogP contribution in [0.2, 0.25) is 0 Å². The second-order valence-electron chi connectivity index (χ2n) is 5.84. The Morgan fingerprint density at radius 1 is 1.43 bits per heavy atom. The minimum Gasteiger partial charge on any atom is -0.496 e. The highest BCUT2D eigenvalue weighted by atomic mass is 16.6. The van der Waals surface area contributed by atoms with Crippen molar-refractivity contribution < 1.29 is 19.6 Å². The number of nitro groups is 1. The maximum atomic E-state index is 11.0. The predicted octanol–water partition coefficient (Wildman–Crippen LogP) is 2.90. The average molecular weight is 296 g/mol. The molecule has 2 N–H and O–H groups in total. The van der Waals surface area contributed by atoms with Crippen LogP contribution in [0.1, 0.15) is 27.2 Å². The summed E-state index contributed by atoms with van der Waals surface area (Å²) in [7, 11) is 1.42. The molecule has 116 valence electrons. The van der Waals surface area contributed by atoms with Crippen LogP contribution in [0.15, 0.2) is 18.2 Å². The van der Waals surface area contributed by atoms with Crippen molar-refractivity contribution in [2.45, 2.75) is 33.2 Å². The quantitative estimate of drug-likeness (QED) is 0.618. The highest BCUT2D eigenvalue weighted by Crippen LogP contribution is 2.30.